The number of carbonyl (C=O) groups excluding carboxylic acids is 1. The van der Waals surface area contributed by atoms with Gasteiger partial charge in [0.05, 0.1) is 46.4 Å². The Balaban J connectivity index is 2.16. The number of piperazine rings is 1. The van der Waals surface area contributed by atoms with Crippen molar-refractivity contribution in [2.45, 2.75) is 52.4 Å². The third kappa shape index (κ3) is 6.12. The first-order chi connectivity index (χ1) is 9.61. The Labute approximate surface area is 124 Å². The predicted octanol–water partition coefficient (Wildman–Crippen LogP) is 3.27. The lowest BCUT2D eigenvalue weighted by molar-refractivity contribution is -0.913. The maximum atomic E-state index is 11.7. The van der Waals surface area contributed by atoms with Crippen LogP contribution in [0.25, 0.3) is 0 Å². The van der Waals surface area contributed by atoms with Crippen LogP contribution >= 0.6 is 0 Å². The average Bonchev–Trinajstić information content (AvgIpc) is 2.44. The highest BCUT2D eigenvalue weighted by atomic mass is 16.6. The van der Waals surface area contributed by atoms with E-state index in [-0.39, 0.29) is 6.09 Å². The third-order valence-corrected chi connectivity index (χ3v) is 4.40. The Morgan fingerprint density at radius 2 is 1.65 bits per heavy atom. The lowest BCUT2D eigenvalue weighted by atomic mass is 10.1. The standard InChI is InChI=1S/C16H33N2O2/c1-4-6-7-8-9-10-13-18(3)14-11-17(12-15-18)16(19)20-5-2/h4-15H2,1-3H3/q+1. The molecule has 0 aliphatic carbocycles. The van der Waals surface area contributed by atoms with Crippen LogP contribution in [-0.4, -0.2) is 61.9 Å². The molecule has 0 aromatic carbocycles. The summed E-state index contributed by atoms with van der Waals surface area (Å²) in [6, 6.07) is 0. The van der Waals surface area contributed by atoms with Crippen molar-refractivity contribution in [1.29, 1.82) is 0 Å². The fourth-order valence-electron chi connectivity index (χ4n) is 2.84. The topological polar surface area (TPSA) is 29.5 Å². The average molecular weight is 285 g/mol. The Kier molecular flexibility index (Phi) is 7.97. The number of carbonyl (C=O) groups is 1. The predicted molar refractivity (Wildman–Crippen MR) is 82.8 cm³/mol. The Hall–Kier alpha value is -0.770. The molecule has 0 N–H and O–H groups in total. The minimum absolute atomic E-state index is 0.140. The second-order valence-electron chi connectivity index (χ2n) is 6.24. The molecule has 0 unspecified atom stereocenters. The van der Waals surface area contributed by atoms with Crippen molar-refractivity contribution in [1.82, 2.24) is 4.90 Å². The highest BCUT2D eigenvalue weighted by Crippen LogP contribution is 2.14. The van der Waals surface area contributed by atoms with E-state index in [1.807, 2.05) is 11.8 Å². The first kappa shape index (κ1) is 17.3. The normalized spacial score (nSPS) is 18.1. The molecular formula is C16H33N2O2+. The van der Waals surface area contributed by atoms with E-state index in [9.17, 15) is 4.79 Å². The molecule has 1 aliphatic rings. The van der Waals surface area contributed by atoms with Crippen LogP contribution < -0.4 is 0 Å². The van der Waals surface area contributed by atoms with Crippen LogP contribution in [-0.2, 0) is 4.74 Å². The molecule has 20 heavy (non-hydrogen) atoms. The molecule has 1 aliphatic heterocycles. The number of unbranched alkanes of at least 4 members (excludes halogenated alkanes) is 5. The number of rotatable bonds is 8. The van der Waals surface area contributed by atoms with E-state index in [0.29, 0.717) is 6.61 Å². The van der Waals surface area contributed by atoms with Gasteiger partial charge in [-0.3, -0.25) is 4.90 Å². The number of amides is 1. The van der Waals surface area contributed by atoms with Gasteiger partial charge in [0.15, 0.2) is 0 Å². The molecule has 0 aromatic heterocycles. The molecule has 1 rings (SSSR count). The molecule has 1 heterocycles. The Bertz CT molecular complexity index is 274. The van der Waals surface area contributed by atoms with Crippen molar-refractivity contribution >= 4 is 6.09 Å². The highest BCUT2D eigenvalue weighted by molar-refractivity contribution is 5.67. The summed E-state index contributed by atoms with van der Waals surface area (Å²) in [4.78, 5) is 13.5. The fraction of sp³-hybridized carbons (Fsp3) is 0.938. The Morgan fingerprint density at radius 1 is 1.05 bits per heavy atom. The number of hydrogen-bond donors (Lipinski definition) is 0. The highest BCUT2D eigenvalue weighted by Gasteiger charge is 2.30. The summed E-state index contributed by atoms with van der Waals surface area (Å²) in [5, 5.41) is 0. The number of nitrogens with zero attached hydrogens (tertiary/aromatic N) is 2. The largest absolute Gasteiger partial charge is 0.450 e. The number of likely N-dealkylation sites (N-methyl/N-ethyl adjacent to an activating group) is 1. The first-order valence-corrected chi connectivity index (χ1v) is 8.36. The van der Waals surface area contributed by atoms with Gasteiger partial charge in [-0.15, -0.1) is 0 Å². The van der Waals surface area contributed by atoms with E-state index in [2.05, 4.69) is 14.0 Å². The van der Waals surface area contributed by atoms with Crippen LogP contribution in [0.5, 0.6) is 0 Å². The zero-order valence-electron chi connectivity index (χ0n) is 13.7. The molecule has 1 fully saturated rings. The Morgan fingerprint density at radius 3 is 2.25 bits per heavy atom. The minimum Gasteiger partial charge on any atom is -0.450 e. The summed E-state index contributed by atoms with van der Waals surface area (Å²) < 4.78 is 6.18. The van der Waals surface area contributed by atoms with Gasteiger partial charge in [-0.25, -0.2) is 4.79 Å². The molecule has 1 saturated heterocycles. The van der Waals surface area contributed by atoms with Crippen molar-refractivity contribution in [2.24, 2.45) is 0 Å². The van der Waals surface area contributed by atoms with E-state index < -0.39 is 0 Å². The summed E-state index contributed by atoms with van der Waals surface area (Å²) in [6.45, 7) is 9.65. The van der Waals surface area contributed by atoms with Crippen LogP contribution in [0.1, 0.15) is 52.4 Å². The van der Waals surface area contributed by atoms with Crippen molar-refractivity contribution in [3.63, 3.8) is 0 Å². The summed E-state index contributed by atoms with van der Waals surface area (Å²) in [5.74, 6) is 0. The molecule has 0 aromatic rings. The molecule has 0 spiro atoms. The molecule has 1 amide bonds. The van der Waals surface area contributed by atoms with Gasteiger partial charge >= 0.3 is 6.09 Å². The maximum absolute atomic E-state index is 11.7. The van der Waals surface area contributed by atoms with Gasteiger partial charge in [0.2, 0.25) is 0 Å². The monoisotopic (exact) mass is 285 g/mol. The number of quaternary nitrogens is 1. The second kappa shape index (κ2) is 9.22. The fourth-order valence-corrected chi connectivity index (χ4v) is 2.84. The summed E-state index contributed by atoms with van der Waals surface area (Å²) in [7, 11) is 2.33. The van der Waals surface area contributed by atoms with Gasteiger partial charge in [-0.05, 0) is 19.8 Å². The summed E-state index contributed by atoms with van der Waals surface area (Å²) in [6.07, 6.45) is 7.99. The van der Waals surface area contributed by atoms with Gasteiger partial charge in [0, 0.05) is 0 Å². The zero-order chi connectivity index (χ0) is 14.8. The van der Waals surface area contributed by atoms with Crippen molar-refractivity contribution in [3.8, 4) is 0 Å². The van der Waals surface area contributed by atoms with Crippen molar-refractivity contribution < 1.29 is 14.0 Å². The molecule has 4 nitrogen and oxygen atoms in total. The lowest BCUT2D eigenvalue weighted by Gasteiger charge is -2.41. The van der Waals surface area contributed by atoms with E-state index in [1.165, 1.54) is 45.1 Å². The molecular weight excluding hydrogens is 252 g/mol. The number of hydrogen-bond acceptors (Lipinski definition) is 2. The third-order valence-electron chi connectivity index (χ3n) is 4.40. The summed E-state index contributed by atoms with van der Waals surface area (Å²) >= 11 is 0. The smallest absolute Gasteiger partial charge is 0.410 e. The SMILES string of the molecule is CCCCCCCC[N+]1(C)CCN(C(=O)OCC)CC1. The van der Waals surface area contributed by atoms with E-state index >= 15 is 0 Å². The van der Waals surface area contributed by atoms with E-state index in [0.717, 1.165) is 30.7 Å². The van der Waals surface area contributed by atoms with Crippen LogP contribution in [0.3, 0.4) is 0 Å². The van der Waals surface area contributed by atoms with Crippen LogP contribution in [0.4, 0.5) is 4.79 Å². The molecule has 4 heteroatoms. The maximum Gasteiger partial charge on any atom is 0.410 e. The summed E-state index contributed by atoms with van der Waals surface area (Å²) in [5.41, 5.74) is 0. The van der Waals surface area contributed by atoms with Crippen molar-refractivity contribution in [2.75, 3.05) is 46.4 Å². The molecule has 0 saturated carbocycles. The van der Waals surface area contributed by atoms with Gasteiger partial charge in [-0.1, -0.05) is 32.6 Å². The number of ether oxygens (including phenoxy) is 1. The first-order valence-electron chi connectivity index (χ1n) is 8.36. The van der Waals surface area contributed by atoms with Gasteiger partial charge in [0.25, 0.3) is 0 Å². The zero-order valence-corrected chi connectivity index (χ0v) is 13.7. The van der Waals surface area contributed by atoms with E-state index in [4.69, 9.17) is 4.74 Å². The minimum atomic E-state index is -0.140. The quantitative estimate of drug-likeness (QED) is 0.506. The lowest BCUT2D eigenvalue weighted by Crippen LogP contribution is -2.58. The van der Waals surface area contributed by atoms with Crippen LogP contribution in [0.15, 0.2) is 0 Å². The van der Waals surface area contributed by atoms with Gasteiger partial charge < -0.3 is 9.22 Å². The van der Waals surface area contributed by atoms with E-state index in [1.54, 1.807) is 0 Å². The molecule has 0 atom stereocenters. The molecule has 0 bridgehead atoms. The molecule has 0 radical (unpaired) electrons. The van der Waals surface area contributed by atoms with Crippen molar-refractivity contribution in [3.05, 3.63) is 0 Å². The van der Waals surface area contributed by atoms with Crippen LogP contribution in [0, 0.1) is 0 Å². The van der Waals surface area contributed by atoms with Gasteiger partial charge in [-0.2, -0.15) is 0 Å². The second-order valence-corrected chi connectivity index (χ2v) is 6.24. The van der Waals surface area contributed by atoms with Crippen LogP contribution in [0.2, 0.25) is 0 Å². The van der Waals surface area contributed by atoms with Gasteiger partial charge in [0.1, 0.15) is 0 Å². The molecule has 118 valence electrons.